The summed E-state index contributed by atoms with van der Waals surface area (Å²) in [6.07, 6.45) is 0. The fourth-order valence-electron chi connectivity index (χ4n) is 1.99. The lowest BCUT2D eigenvalue weighted by Crippen LogP contribution is -1.96. The van der Waals surface area contributed by atoms with Crippen LogP contribution < -0.4 is 0 Å². The second-order valence-electron chi connectivity index (χ2n) is 4.02. The number of imidazole rings is 1. The Morgan fingerprint density at radius 1 is 1.21 bits per heavy atom. The van der Waals surface area contributed by atoms with Crippen molar-refractivity contribution in [2.75, 3.05) is 0 Å². The molecule has 3 aromatic rings. The van der Waals surface area contributed by atoms with Crippen LogP contribution in [0.25, 0.3) is 16.7 Å². The lowest BCUT2D eigenvalue weighted by atomic mass is 10.2. The van der Waals surface area contributed by atoms with Crippen LogP contribution in [0.2, 0.25) is 5.02 Å². The van der Waals surface area contributed by atoms with E-state index in [2.05, 4.69) is 27.6 Å². The molecule has 19 heavy (non-hydrogen) atoms. The number of nitrogens with one attached hydrogen (secondary N) is 1. The number of nitrogens with zero attached hydrogens (tertiary/aromatic N) is 1. The summed E-state index contributed by atoms with van der Waals surface area (Å²) in [6, 6.07) is 10.1. The summed E-state index contributed by atoms with van der Waals surface area (Å²) >= 11 is 13.5. The molecule has 2 aromatic carbocycles. The number of halogens is 3. The van der Waals surface area contributed by atoms with Gasteiger partial charge in [-0.15, -0.1) is 0 Å². The summed E-state index contributed by atoms with van der Waals surface area (Å²) < 4.78 is 16.6. The molecule has 6 heteroatoms. The van der Waals surface area contributed by atoms with E-state index in [0.29, 0.717) is 15.3 Å². The minimum absolute atomic E-state index is 0.290. The van der Waals surface area contributed by atoms with Crippen LogP contribution in [0.4, 0.5) is 4.39 Å². The van der Waals surface area contributed by atoms with Gasteiger partial charge >= 0.3 is 0 Å². The molecule has 1 aromatic heterocycles. The number of aromatic amines is 1. The van der Waals surface area contributed by atoms with Crippen LogP contribution in [0.3, 0.4) is 0 Å². The monoisotopic (exact) mass is 404 g/mol. The largest absolute Gasteiger partial charge is 0.330 e. The van der Waals surface area contributed by atoms with Crippen LogP contribution in [0.15, 0.2) is 36.4 Å². The zero-order valence-corrected chi connectivity index (χ0v) is 13.2. The van der Waals surface area contributed by atoms with Gasteiger partial charge in [-0.05, 0) is 71.2 Å². The lowest BCUT2D eigenvalue weighted by Gasteiger charge is -2.07. The number of H-pyrrole nitrogens is 1. The Kier molecular flexibility index (Phi) is 3.36. The third-order valence-corrected chi connectivity index (χ3v) is 4.18. The standard InChI is InChI=1S/C13H7ClFIN2S/c14-7-1-3-11(9(16)5-7)18-12-4-2-8(15)6-10(12)17-13(18)19/h1-6H,(H,17,19). The van der Waals surface area contributed by atoms with Gasteiger partial charge in [-0.1, -0.05) is 11.6 Å². The van der Waals surface area contributed by atoms with Crippen molar-refractivity contribution in [1.82, 2.24) is 9.55 Å². The van der Waals surface area contributed by atoms with Crippen LogP contribution in [-0.2, 0) is 0 Å². The van der Waals surface area contributed by atoms with Crippen LogP contribution in [0, 0.1) is 14.2 Å². The normalized spacial score (nSPS) is 11.1. The molecule has 0 bridgehead atoms. The van der Waals surface area contributed by atoms with Crippen molar-refractivity contribution in [2.24, 2.45) is 0 Å². The second-order valence-corrected chi connectivity index (χ2v) is 6.01. The Hall–Kier alpha value is -0.920. The fourth-order valence-corrected chi connectivity index (χ4v) is 3.40. The molecule has 0 atom stereocenters. The molecule has 2 nitrogen and oxygen atoms in total. The number of rotatable bonds is 1. The molecule has 0 saturated heterocycles. The molecule has 0 unspecified atom stereocenters. The maximum absolute atomic E-state index is 13.2. The topological polar surface area (TPSA) is 20.7 Å². The molecule has 0 aliphatic rings. The van der Waals surface area contributed by atoms with Crippen molar-refractivity contribution in [3.8, 4) is 5.69 Å². The van der Waals surface area contributed by atoms with E-state index in [1.54, 1.807) is 6.07 Å². The molecule has 0 aliphatic carbocycles. The molecule has 3 rings (SSSR count). The fraction of sp³-hybridized carbons (Fsp3) is 0. The highest BCUT2D eigenvalue weighted by Gasteiger charge is 2.10. The van der Waals surface area contributed by atoms with Crippen molar-refractivity contribution < 1.29 is 4.39 Å². The highest BCUT2D eigenvalue weighted by Crippen LogP contribution is 2.26. The molecule has 0 saturated carbocycles. The van der Waals surface area contributed by atoms with Gasteiger partial charge in [0.2, 0.25) is 0 Å². The van der Waals surface area contributed by atoms with Gasteiger partial charge in [0.15, 0.2) is 4.77 Å². The predicted molar refractivity (Wildman–Crippen MR) is 86.1 cm³/mol. The first-order valence-corrected chi connectivity index (χ1v) is 7.28. The summed E-state index contributed by atoms with van der Waals surface area (Å²) in [7, 11) is 0. The van der Waals surface area contributed by atoms with Crippen molar-refractivity contribution in [1.29, 1.82) is 0 Å². The highest BCUT2D eigenvalue weighted by atomic mass is 127. The lowest BCUT2D eigenvalue weighted by molar-refractivity contribution is 0.629. The molecule has 96 valence electrons. The maximum atomic E-state index is 13.2. The van der Waals surface area contributed by atoms with E-state index in [0.717, 1.165) is 14.8 Å². The molecular formula is C13H7ClFIN2S. The second kappa shape index (κ2) is 4.88. The van der Waals surface area contributed by atoms with Crippen molar-refractivity contribution in [2.45, 2.75) is 0 Å². The first-order valence-electron chi connectivity index (χ1n) is 5.42. The van der Waals surface area contributed by atoms with Gasteiger partial charge in [0.1, 0.15) is 5.82 Å². The van der Waals surface area contributed by atoms with Crippen LogP contribution in [0.5, 0.6) is 0 Å². The molecule has 0 amide bonds. The van der Waals surface area contributed by atoms with Crippen molar-refractivity contribution in [3.63, 3.8) is 0 Å². The van der Waals surface area contributed by atoms with Crippen LogP contribution >= 0.6 is 46.4 Å². The highest BCUT2D eigenvalue weighted by molar-refractivity contribution is 14.1. The van der Waals surface area contributed by atoms with E-state index in [1.807, 2.05) is 22.8 Å². The van der Waals surface area contributed by atoms with Gasteiger partial charge in [-0.25, -0.2) is 4.39 Å². The van der Waals surface area contributed by atoms with Gasteiger partial charge in [-0.2, -0.15) is 0 Å². The van der Waals surface area contributed by atoms with Gasteiger partial charge in [-0.3, -0.25) is 4.57 Å². The Morgan fingerprint density at radius 2 is 2.00 bits per heavy atom. The number of hydrogen-bond acceptors (Lipinski definition) is 1. The van der Waals surface area contributed by atoms with E-state index in [9.17, 15) is 4.39 Å². The summed E-state index contributed by atoms with van der Waals surface area (Å²) in [5.74, 6) is -0.290. The zero-order chi connectivity index (χ0) is 13.6. The van der Waals surface area contributed by atoms with Crippen LogP contribution in [0.1, 0.15) is 0 Å². The number of fused-ring (bicyclic) bond motifs is 1. The summed E-state index contributed by atoms with van der Waals surface area (Å²) in [4.78, 5) is 3.01. The van der Waals surface area contributed by atoms with Crippen molar-refractivity contribution in [3.05, 3.63) is 55.6 Å². The number of hydrogen-bond donors (Lipinski definition) is 1. The number of aromatic nitrogens is 2. The Labute approximate surface area is 132 Å². The molecular weight excluding hydrogens is 398 g/mol. The molecule has 1 N–H and O–H groups in total. The maximum Gasteiger partial charge on any atom is 0.182 e. The summed E-state index contributed by atoms with van der Waals surface area (Å²) in [5, 5.41) is 0.672. The SMILES string of the molecule is Fc1ccc2c(c1)[nH]c(=S)n2-c1ccc(Cl)cc1I. The quantitative estimate of drug-likeness (QED) is 0.443. The van der Waals surface area contributed by atoms with E-state index >= 15 is 0 Å². The minimum Gasteiger partial charge on any atom is -0.330 e. The van der Waals surface area contributed by atoms with Gasteiger partial charge in [0.25, 0.3) is 0 Å². The summed E-state index contributed by atoms with van der Waals surface area (Å²) in [6.45, 7) is 0. The predicted octanol–water partition coefficient (Wildman–Crippen LogP) is 5.09. The van der Waals surface area contributed by atoms with E-state index in [1.165, 1.54) is 12.1 Å². The third-order valence-electron chi connectivity index (χ3n) is 2.79. The molecule has 0 aliphatic heterocycles. The van der Waals surface area contributed by atoms with E-state index in [-0.39, 0.29) is 5.82 Å². The first-order chi connectivity index (χ1) is 9.06. The van der Waals surface area contributed by atoms with Crippen molar-refractivity contribution >= 4 is 57.4 Å². The molecule has 1 heterocycles. The van der Waals surface area contributed by atoms with E-state index in [4.69, 9.17) is 23.8 Å². The smallest absolute Gasteiger partial charge is 0.182 e. The summed E-state index contributed by atoms with van der Waals surface area (Å²) in [5.41, 5.74) is 2.44. The zero-order valence-electron chi connectivity index (χ0n) is 9.45. The molecule has 0 fully saturated rings. The first kappa shape index (κ1) is 13.1. The van der Waals surface area contributed by atoms with Gasteiger partial charge in [0.05, 0.1) is 16.7 Å². The average molecular weight is 405 g/mol. The average Bonchev–Trinajstić information content (AvgIpc) is 2.65. The molecule has 0 spiro atoms. The molecule has 0 radical (unpaired) electrons. The van der Waals surface area contributed by atoms with Gasteiger partial charge in [0, 0.05) is 8.59 Å². The Balaban J connectivity index is 2.36. The third kappa shape index (κ3) is 2.30. The van der Waals surface area contributed by atoms with E-state index < -0.39 is 0 Å². The van der Waals surface area contributed by atoms with Crippen LogP contribution in [-0.4, -0.2) is 9.55 Å². The van der Waals surface area contributed by atoms with Gasteiger partial charge < -0.3 is 4.98 Å². The Bertz CT molecular complexity index is 840. The number of benzene rings is 2. The minimum atomic E-state index is -0.290. The Morgan fingerprint density at radius 3 is 2.74 bits per heavy atom.